The lowest BCUT2D eigenvalue weighted by Gasteiger charge is -2.25. The van der Waals surface area contributed by atoms with Crippen LogP contribution in [0.1, 0.15) is 29.6 Å². The third-order valence-electron chi connectivity index (χ3n) is 3.28. The molecule has 1 aliphatic carbocycles. The average molecular weight is 234 g/mol. The Hall–Kier alpha value is -1.71. The van der Waals surface area contributed by atoms with Crippen LogP contribution in [0.3, 0.4) is 0 Å². The number of carbonyl (C=O) groups excluding carboxylic acids is 1. The van der Waals surface area contributed by atoms with Crippen molar-refractivity contribution in [1.29, 1.82) is 0 Å². The molecule has 17 heavy (non-hydrogen) atoms. The van der Waals surface area contributed by atoms with Gasteiger partial charge in [0.2, 0.25) is 0 Å². The van der Waals surface area contributed by atoms with Crippen molar-refractivity contribution in [3.63, 3.8) is 0 Å². The highest BCUT2D eigenvalue weighted by Crippen LogP contribution is 2.25. The van der Waals surface area contributed by atoms with Gasteiger partial charge in [0.1, 0.15) is 5.75 Å². The van der Waals surface area contributed by atoms with Crippen molar-refractivity contribution in [2.24, 2.45) is 5.92 Å². The van der Waals surface area contributed by atoms with Gasteiger partial charge in [-0.15, -0.1) is 0 Å². The lowest BCUT2D eigenvalue weighted by molar-refractivity contribution is 0.0940. The van der Waals surface area contributed by atoms with Crippen molar-refractivity contribution < 1.29 is 9.53 Å². The molecule has 0 spiro atoms. The van der Waals surface area contributed by atoms with Crippen LogP contribution in [0.5, 0.6) is 5.75 Å². The van der Waals surface area contributed by atoms with Gasteiger partial charge in [-0.3, -0.25) is 4.79 Å². The number of hydrogen-bond acceptors (Lipinski definition) is 3. The summed E-state index contributed by atoms with van der Waals surface area (Å²) in [6, 6.07) is 5.11. The molecule has 1 fully saturated rings. The summed E-state index contributed by atoms with van der Waals surface area (Å²) >= 11 is 0. The SMILES string of the molecule is COc1ccc(C(=O)NCC2CCC2)c(N)c1. The van der Waals surface area contributed by atoms with Crippen LogP contribution in [0.15, 0.2) is 18.2 Å². The fraction of sp³-hybridized carbons (Fsp3) is 0.462. The second-order valence-corrected chi connectivity index (χ2v) is 4.46. The van der Waals surface area contributed by atoms with Gasteiger partial charge in [0.25, 0.3) is 5.91 Å². The van der Waals surface area contributed by atoms with Gasteiger partial charge in [-0.25, -0.2) is 0 Å². The Kier molecular flexibility index (Phi) is 3.52. The number of nitrogen functional groups attached to an aromatic ring is 1. The van der Waals surface area contributed by atoms with Crippen LogP contribution in [0.2, 0.25) is 0 Å². The van der Waals surface area contributed by atoms with Crippen LogP contribution in [0.4, 0.5) is 5.69 Å². The summed E-state index contributed by atoms with van der Waals surface area (Å²) in [5.41, 5.74) is 6.78. The van der Waals surface area contributed by atoms with Gasteiger partial charge in [0, 0.05) is 18.3 Å². The van der Waals surface area contributed by atoms with Gasteiger partial charge < -0.3 is 15.8 Å². The Labute approximate surface area is 101 Å². The Morgan fingerprint density at radius 1 is 1.53 bits per heavy atom. The molecule has 0 heterocycles. The summed E-state index contributed by atoms with van der Waals surface area (Å²) in [7, 11) is 1.57. The molecule has 1 aliphatic rings. The van der Waals surface area contributed by atoms with Gasteiger partial charge in [0.15, 0.2) is 0 Å². The monoisotopic (exact) mass is 234 g/mol. The van der Waals surface area contributed by atoms with Crippen LogP contribution in [-0.2, 0) is 0 Å². The zero-order valence-electron chi connectivity index (χ0n) is 10.0. The number of anilines is 1. The molecule has 4 nitrogen and oxygen atoms in total. The zero-order chi connectivity index (χ0) is 12.3. The molecule has 4 heteroatoms. The highest BCUT2D eigenvalue weighted by Gasteiger charge is 2.18. The number of amides is 1. The minimum Gasteiger partial charge on any atom is -0.497 e. The van der Waals surface area contributed by atoms with Gasteiger partial charge in [-0.2, -0.15) is 0 Å². The highest BCUT2D eigenvalue weighted by molar-refractivity contribution is 5.99. The largest absolute Gasteiger partial charge is 0.497 e. The van der Waals surface area contributed by atoms with E-state index in [0.717, 1.165) is 6.54 Å². The molecule has 0 aromatic heterocycles. The molecule has 0 atom stereocenters. The number of nitrogens with two attached hydrogens (primary N) is 1. The van der Waals surface area contributed by atoms with Crippen molar-refractivity contribution in [3.05, 3.63) is 23.8 Å². The molecule has 3 N–H and O–H groups in total. The second kappa shape index (κ2) is 5.08. The predicted molar refractivity (Wildman–Crippen MR) is 67.1 cm³/mol. The maximum absolute atomic E-state index is 11.9. The maximum Gasteiger partial charge on any atom is 0.253 e. The topological polar surface area (TPSA) is 64.3 Å². The van der Waals surface area contributed by atoms with Gasteiger partial charge >= 0.3 is 0 Å². The first-order chi connectivity index (χ1) is 8.20. The summed E-state index contributed by atoms with van der Waals surface area (Å²) in [4.78, 5) is 11.9. The Morgan fingerprint density at radius 3 is 2.82 bits per heavy atom. The first-order valence-electron chi connectivity index (χ1n) is 5.92. The fourth-order valence-corrected chi connectivity index (χ4v) is 1.90. The number of carbonyl (C=O) groups is 1. The van der Waals surface area contributed by atoms with E-state index in [0.29, 0.717) is 22.9 Å². The number of benzene rings is 1. The molecule has 0 bridgehead atoms. The Morgan fingerprint density at radius 2 is 2.29 bits per heavy atom. The van der Waals surface area contributed by atoms with E-state index in [9.17, 15) is 4.79 Å². The first-order valence-corrected chi connectivity index (χ1v) is 5.92. The molecule has 1 saturated carbocycles. The third-order valence-corrected chi connectivity index (χ3v) is 3.28. The fourth-order valence-electron chi connectivity index (χ4n) is 1.90. The lowest BCUT2D eigenvalue weighted by Crippen LogP contribution is -2.32. The summed E-state index contributed by atoms with van der Waals surface area (Å²) in [5, 5.41) is 2.92. The summed E-state index contributed by atoms with van der Waals surface area (Å²) in [6.07, 6.45) is 3.72. The maximum atomic E-state index is 11.9. The summed E-state index contributed by atoms with van der Waals surface area (Å²) in [6.45, 7) is 0.754. The van der Waals surface area contributed by atoms with Crippen LogP contribution >= 0.6 is 0 Å². The molecule has 0 radical (unpaired) electrons. The molecule has 0 aliphatic heterocycles. The molecule has 1 amide bonds. The van der Waals surface area contributed by atoms with Gasteiger partial charge in [0.05, 0.1) is 12.7 Å². The molecule has 0 unspecified atom stereocenters. The standard InChI is InChI=1S/C13H18N2O2/c1-17-10-5-6-11(12(14)7-10)13(16)15-8-9-3-2-4-9/h5-7,9H,2-4,8,14H2,1H3,(H,15,16). The molecule has 1 aromatic carbocycles. The predicted octanol–water partition coefficient (Wildman–Crippen LogP) is 1.81. The van der Waals surface area contributed by atoms with E-state index in [4.69, 9.17) is 10.5 Å². The van der Waals surface area contributed by atoms with Crippen molar-refractivity contribution >= 4 is 11.6 Å². The Bertz CT molecular complexity index is 414. The molecule has 0 saturated heterocycles. The number of hydrogen-bond donors (Lipinski definition) is 2. The summed E-state index contributed by atoms with van der Waals surface area (Å²) in [5.74, 6) is 1.22. The van der Waals surface area contributed by atoms with E-state index in [1.54, 1.807) is 25.3 Å². The first kappa shape index (κ1) is 11.8. The van der Waals surface area contributed by atoms with Gasteiger partial charge in [-0.05, 0) is 30.9 Å². The zero-order valence-corrected chi connectivity index (χ0v) is 10.0. The average Bonchev–Trinajstić information content (AvgIpc) is 2.26. The van der Waals surface area contributed by atoms with Gasteiger partial charge in [-0.1, -0.05) is 6.42 Å². The number of ether oxygens (including phenoxy) is 1. The van der Waals surface area contributed by atoms with E-state index in [-0.39, 0.29) is 5.91 Å². The van der Waals surface area contributed by atoms with Crippen LogP contribution in [0.25, 0.3) is 0 Å². The van der Waals surface area contributed by atoms with Crippen molar-refractivity contribution in [2.45, 2.75) is 19.3 Å². The Balaban J connectivity index is 1.97. The van der Waals surface area contributed by atoms with Crippen molar-refractivity contribution in [3.8, 4) is 5.75 Å². The van der Waals surface area contributed by atoms with Crippen molar-refractivity contribution in [1.82, 2.24) is 5.32 Å². The normalized spacial score (nSPS) is 15.1. The highest BCUT2D eigenvalue weighted by atomic mass is 16.5. The van der Waals surface area contributed by atoms with E-state index in [1.807, 2.05) is 0 Å². The summed E-state index contributed by atoms with van der Waals surface area (Å²) < 4.78 is 5.04. The number of nitrogens with one attached hydrogen (secondary N) is 1. The lowest BCUT2D eigenvalue weighted by atomic mass is 9.85. The smallest absolute Gasteiger partial charge is 0.253 e. The van der Waals surface area contributed by atoms with Crippen molar-refractivity contribution in [2.75, 3.05) is 19.4 Å². The quantitative estimate of drug-likeness (QED) is 0.781. The molecular formula is C13H18N2O2. The third kappa shape index (κ3) is 2.70. The molecule has 1 aromatic rings. The minimum atomic E-state index is -0.1000. The molecule has 2 rings (SSSR count). The van der Waals surface area contributed by atoms with E-state index < -0.39 is 0 Å². The van der Waals surface area contributed by atoms with Crippen LogP contribution < -0.4 is 15.8 Å². The van der Waals surface area contributed by atoms with Crippen LogP contribution in [-0.4, -0.2) is 19.6 Å². The molecular weight excluding hydrogens is 216 g/mol. The van der Waals surface area contributed by atoms with E-state index in [1.165, 1.54) is 19.3 Å². The number of methoxy groups -OCH3 is 1. The van der Waals surface area contributed by atoms with E-state index in [2.05, 4.69) is 5.32 Å². The second-order valence-electron chi connectivity index (χ2n) is 4.46. The van der Waals surface area contributed by atoms with Crippen LogP contribution in [0, 0.1) is 5.92 Å². The minimum absolute atomic E-state index is 0.1000. The molecule has 92 valence electrons. The van der Waals surface area contributed by atoms with E-state index >= 15 is 0 Å². The number of rotatable bonds is 4.